The van der Waals surface area contributed by atoms with Crippen molar-refractivity contribution in [2.45, 2.75) is 33.6 Å². The van der Waals surface area contributed by atoms with E-state index in [4.69, 9.17) is 11.6 Å². The molecule has 1 N–H and O–H groups in total. The number of carbonyl (C=O) groups excluding carboxylic acids is 1. The van der Waals surface area contributed by atoms with Gasteiger partial charge in [-0.3, -0.25) is 4.79 Å². The van der Waals surface area contributed by atoms with E-state index in [1.54, 1.807) is 24.3 Å². The van der Waals surface area contributed by atoms with Crippen molar-refractivity contribution < 1.29 is 41.0 Å². The van der Waals surface area contributed by atoms with Gasteiger partial charge in [-0.05, 0) is 79.2 Å². The van der Waals surface area contributed by atoms with E-state index in [1.807, 2.05) is 19.1 Å². The minimum Gasteiger partial charge on any atom is -0.508 e. The molecule has 1 aromatic heterocycles. The normalized spacial score (nSPS) is 17.4. The quantitative estimate of drug-likeness (QED) is 0.218. The van der Waals surface area contributed by atoms with E-state index in [1.165, 1.54) is 36.8 Å². The number of phenols is 1. The van der Waals surface area contributed by atoms with E-state index in [0.29, 0.717) is 15.5 Å². The monoisotopic (exact) mass is 743 g/mol. The number of fused-ring (bicyclic) bond motifs is 1. The maximum atomic E-state index is 13.4. The van der Waals surface area contributed by atoms with Crippen LogP contribution < -0.4 is 0 Å². The second-order valence-corrected chi connectivity index (χ2v) is 11.0. The number of carbonyl (C=O) groups is 1. The summed E-state index contributed by atoms with van der Waals surface area (Å²) in [6.07, 6.45) is 8.55. The molecule has 36 heavy (non-hydrogen) atoms. The van der Waals surface area contributed by atoms with Gasteiger partial charge in [-0.15, -0.1) is 36.5 Å². The number of aromatic hydroxyl groups is 1. The number of rotatable bonds is 4. The minimum absolute atomic E-state index is 0. The average Bonchev–Trinajstić information content (AvgIpc) is 3.44. The molecule has 0 amide bonds. The number of ketones is 1. The van der Waals surface area contributed by atoms with Crippen molar-refractivity contribution in [1.29, 1.82) is 0 Å². The molecular formula is C30H32ClNO2SU. The van der Waals surface area contributed by atoms with Crippen molar-refractivity contribution in [3.63, 3.8) is 0 Å². The zero-order valence-electron chi connectivity index (χ0n) is 21.1. The van der Waals surface area contributed by atoms with Gasteiger partial charge in [0.05, 0.1) is 4.88 Å². The fourth-order valence-electron chi connectivity index (χ4n) is 4.55. The van der Waals surface area contributed by atoms with Gasteiger partial charge in [0.15, 0.2) is 0 Å². The van der Waals surface area contributed by atoms with Gasteiger partial charge >= 0.3 is 31.1 Å². The summed E-state index contributed by atoms with van der Waals surface area (Å²) >= 11 is 7.56. The second-order valence-electron chi connectivity index (χ2n) is 9.51. The number of phenolic OH excluding ortho intramolecular Hbond substituents is 1. The molecule has 3 nitrogen and oxygen atoms in total. The maximum Gasteiger partial charge on any atom is 2.00 e. The van der Waals surface area contributed by atoms with E-state index < -0.39 is 0 Å². The Kier molecular flexibility index (Phi) is 10.4. The third-order valence-electron chi connectivity index (χ3n) is 6.63. The molecule has 5 rings (SSSR count). The smallest absolute Gasteiger partial charge is 0.508 e. The van der Waals surface area contributed by atoms with Crippen LogP contribution in [0.1, 0.15) is 53.1 Å². The SMILES string of the molecule is Cc1ccc(Cl)cc1C(=O)c1sc2cc(O)ccc2c1C1=CC[C-](C)C=C1.[CH2-]CN1CC[C@H](C)C1.[U+2]. The Labute approximate surface area is 247 Å². The van der Waals surface area contributed by atoms with E-state index in [2.05, 4.69) is 43.9 Å². The van der Waals surface area contributed by atoms with Gasteiger partial charge in [-0.25, -0.2) is 18.1 Å². The summed E-state index contributed by atoms with van der Waals surface area (Å²) in [5, 5.41) is 11.4. The summed E-state index contributed by atoms with van der Waals surface area (Å²) in [6, 6.07) is 10.7. The number of likely N-dealkylation sites (tertiary alicyclic amines) is 1. The van der Waals surface area contributed by atoms with Crippen LogP contribution in [0, 0.1) is 56.8 Å². The number of benzene rings is 2. The number of allylic oxidation sites excluding steroid dienone is 4. The van der Waals surface area contributed by atoms with Gasteiger partial charge < -0.3 is 16.9 Å². The average molecular weight is 744 g/mol. The number of aryl methyl sites for hydroxylation is 1. The molecule has 6 heteroatoms. The van der Waals surface area contributed by atoms with E-state index >= 15 is 0 Å². The Hall–Kier alpha value is -1.48. The fourth-order valence-corrected chi connectivity index (χ4v) is 5.93. The van der Waals surface area contributed by atoms with Crippen LogP contribution in [-0.4, -0.2) is 35.4 Å². The van der Waals surface area contributed by atoms with E-state index in [9.17, 15) is 9.90 Å². The molecule has 2 heterocycles. The van der Waals surface area contributed by atoms with Crippen LogP contribution in [0.4, 0.5) is 0 Å². The summed E-state index contributed by atoms with van der Waals surface area (Å²) in [4.78, 5) is 16.5. The molecule has 0 unspecified atom stereocenters. The van der Waals surface area contributed by atoms with Gasteiger partial charge in [0.2, 0.25) is 5.78 Å². The first kappa shape index (κ1) is 29.1. The molecule has 1 aliphatic carbocycles. The van der Waals surface area contributed by atoms with Crippen LogP contribution in [0.2, 0.25) is 5.02 Å². The van der Waals surface area contributed by atoms with Gasteiger partial charge in [0, 0.05) is 15.3 Å². The van der Waals surface area contributed by atoms with Crippen molar-refractivity contribution in [3.8, 4) is 5.75 Å². The summed E-state index contributed by atoms with van der Waals surface area (Å²) in [5.74, 6) is 2.36. The Bertz CT molecular complexity index is 1300. The van der Waals surface area contributed by atoms with Crippen LogP contribution in [0.25, 0.3) is 15.7 Å². The van der Waals surface area contributed by atoms with Gasteiger partial charge in [-0.1, -0.05) is 31.0 Å². The van der Waals surface area contributed by atoms with Crippen molar-refractivity contribution in [2.24, 2.45) is 5.92 Å². The molecule has 0 saturated carbocycles. The van der Waals surface area contributed by atoms with Crippen molar-refractivity contribution in [2.75, 3.05) is 19.6 Å². The number of hydrogen-bond acceptors (Lipinski definition) is 4. The van der Waals surface area contributed by atoms with Crippen LogP contribution in [-0.2, 0) is 0 Å². The van der Waals surface area contributed by atoms with Gasteiger partial charge in [-0.2, -0.15) is 0 Å². The zero-order chi connectivity index (χ0) is 25.1. The Morgan fingerprint density at radius 1 is 1.28 bits per heavy atom. The molecule has 2 aliphatic rings. The number of nitrogens with zero attached hydrogens (tertiary/aromatic N) is 1. The third kappa shape index (κ3) is 6.69. The van der Waals surface area contributed by atoms with Crippen molar-refractivity contribution in [1.82, 2.24) is 4.90 Å². The number of halogens is 1. The standard InChI is InChI=1S/C23H18ClO2S.C7H14N.U/c1-13-3-6-15(7-4-13)21-18-10-9-17(25)12-20(18)27-23(21)22(26)19-11-16(24)8-5-14(19)2;1-3-8-5-4-7(2)6-8;/h3,5-12,25H,4H2,1-2H3;7H,1,3-6H2,2H3;/q2*-1;+2/t;7-;/m.0./s1. The Morgan fingerprint density at radius 2 is 2.06 bits per heavy atom. The third-order valence-corrected chi connectivity index (χ3v) is 8.01. The van der Waals surface area contributed by atoms with Crippen LogP contribution in [0.5, 0.6) is 5.75 Å². The molecule has 0 radical (unpaired) electrons. The largest absolute Gasteiger partial charge is 2.00 e. The number of hydrogen-bond donors (Lipinski definition) is 1. The summed E-state index contributed by atoms with van der Waals surface area (Å²) in [5.41, 5.74) is 3.49. The molecule has 0 spiro atoms. The summed E-state index contributed by atoms with van der Waals surface area (Å²) < 4.78 is 0.897. The first-order chi connectivity index (χ1) is 16.8. The summed E-state index contributed by atoms with van der Waals surface area (Å²) in [7, 11) is 0. The number of thiophene rings is 1. The molecule has 1 fully saturated rings. The first-order valence-electron chi connectivity index (χ1n) is 12.1. The molecule has 0 bridgehead atoms. The predicted molar refractivity (Wildman–Crippen MR) is 149 cm³/mol. The molecule has 2 aromatic carbocycles. The molecule has 1 aliphatic heterocycles. The summed E-state index contributed by atoms with van der Waals surface area (Å²) in [6.45, 7) is 13.7. The zero-order valence-corrected chi connectivity index (χ0v) is 26.8. The molecule has 1 saturated heterocycles. The topological polar surface area (TPSA) is 40.5 Å². The van der Waals surface area contributed by atoms with Crippen molar-refractivity contribution >= 4 is 44.4 Å². The molecule has 3 aromatic rings. The van der Waals surface area contributed by atoms with E-state index in [-0.39, 0.29) is 42.6 Å². The second kappa shape index (κ2) is 12.9. The fraction of sp³-hybridized carbons (Fsp3) is 0.300. The van der Waals surface area contributed by atoms with Crippen LogP contribution in [0.3, 0.4) is 0 Å². The first-order valence-corrected chi connectivity index (χ1v) is 13.2. The van der Waals surface area contributed by atoms with Gasteiger partial charge in [0.1, 0.15) is 5.75 Å². The minimum atomic E-state index is -0.0359. The maximum absolute atomic E-state index is 13.4. The van der Waals surface area contributed by atoms with Gasteiger partial charge in [0.25, 0.3) is 0 Å². The Morgan fingerprint density at radius 3 is 2.67 bits per heavy atom. The van der Waals surface area contributed by atoms with Crippen molar-refractivity contribution in [3.05, 3.63) is 94.1 Å². The van der Waals surface area contributed by atoms with Crippen LogP contribution in [0.15, 0.2) is 54.6 Å². The van der Waals surface area contributed by atoms with E-state index in [0.717, 1.165) is 45.7 Å². The predicted octanol–water partition coefficient (Wildman–Crippen LogP) is 7.90. The Balaban J connectivity index is 0.000000344. The molecule has 186 valence electrons. The molecular weight excluding hydrogens is 712 g/mol. The molecule has 1 atom stereocenters. The van der Waals surface area contributed by atoms with Crippen LogP contribution >= 0.6 is 22.9 Å².